The van der Waals surface area contributed by atoms with Crippen LogP contribution in [0, 0.1) is 5.82 Å². The number of carbonyl (C=O) groups is 1. The Morgan fingerprint density at radius 1 is 1.18 bits per heavy atom. The normalized spacial score (nSPS) is 22.6. The summed E-state index contributed by atoms with van der Waals surface area (Å²) in [4.78, 5) is 34.4. The molecular weight excluding hydrogens is 536 g/mol. The first-order valence-corrected chi connectivity index (χ1v) is 13.9. The number of hydrogen-bond acceptors (Lipinski definition) is 5. The number of anilines is 1. The summed E-state index contributed by atoms with van der Waals surface area (Å²) < 4.78 is 63.6. The molecule has 0 bridgehead atoms. The van der Waals surface area contributed by atoms with Crippen molar-refractivity contribution in [1.29, 1.82) is 0 Å². The van der Waals surface area contributed by atoms with E-state index in [1.165, 1.54) is 29.9 Å². The molecule has 5 rings (SSSR count). The van der Waals surface area contributed by atoms with Crippen LogP contribution in [0.5, 0.6) is 0 Å². The summed E-state index contributed by atoms with van der Waals surface area (Å²) in [5.74, 6) is -0.185. The Morgan fingerprint density at radius 3 is 2.51 bits per heavy atom. The van der Waals surface area contributed by atoms with Crippen molar-refractivity contribution >= 4 is 33.5 Å². The number of hydrogen-bond donors (Lipinski definition) is 1. The Hall–Kier alpha value is -3.38. The molecule has 12 heteroatoms. The molecular formula is C27H28F4N4O3S. The van der Waals surface area contributed by atoms with Crippen molar-refractivity contribution in [2.75, 3.05) is 37.4 Å². The van der Waals surface area contributed by atoms with Crippen LogP contribution < -0.4 is 10.6 Å². The van der Waals surface area contributed by atoms with E-state index >= 15 is 0 Å². The van der Waals surface area contributed by atoms with Crippen molar-refractivity contribution in [3.63, 3.8) is 0 Å². The largest absolute Gasteiger partial charge is 0.416 e. The van der Waals surface area contributed by atoms with Crippen LogP contribution >= 0.6 is 10.9 Å². The Balaban J connectivity index is 1.77. The van der Waals surface area contributed by atoms with Crippen molar-refractivity contribution in [2.24, 2.45) is 0 Å². The third-order valence-electron chi connectivity index (χ3n) is 7.28. The zero-order chi connectivity index (χ0) is 28.1. The van der Waals surface area contributed by atoms with Gasteiger partial charge >= 0.3 is 11.9 Å². The van der Waals surface area contributed by atoms with Crippen LogP contribution in [0.1, 0.15) is 12.5 Å². The standard InChI is InChI=1S/C27H28F4N4O3S/c1-4-23(36)33-9-10-34(16(2)13-33)25-21-11-17(27(29,30)31)12-22-24(21)35(26(37)32-25)14-19(38-3)15-39(22)20-7-5-18(28)6-8-20/h4-8,11-12,16,19,39H,1,9-10,13-15H2,2-3H3/t16-,19-/m0/s1. The first-order valence-electron chi connectivity index (χ1n) is 12.4. The van der Waals surface area contributed by atoms with Crippen LogP contribution in [0.2, 0.25) is 0 Å². The number of piperazine rings is 1. The van der Waals surface area contributed by atoms with Crippen LogP contribution in [0.4, 0.5) is 23.4 Å². The Morgan fingerprint density at radius 2 is 1.90 bits per heavy atom. The van der Waals surface area contributed by atoms with Gasteiger partial charge in [-0.2, -0.15) is 29.1 Å². The predicted molar refractivity (Wildman–Crippen MR) is 142 cm³/mol. The number of halogens is 4. The average Bonchev–Trinajstić information content (AvgIpc) is 3.08. The van der Waals surface area contributed by atoms with E-state index < -0.39 is 40.2 Å². The quantitative estimate of drug-likeness (QED) is 0.292. The molecule has 0 N–H and O–H groups in total. The van der Waals surface area contributed by atoms with Gasteiger partial charge in [0.15, 0.2) is 0 Å². The minimum atomic E-state index is -4.65. The summed E-state index contributed by atoms with van der Waals surface area (Å²) in [6.45, 7) is 6.37. The maximum Gasteiger partial charge on any atom is 0.416 e. The van der Waals surface area contributed by atoms with Gasteiger partial charge in [0.05, 0.1) is 23.7 Å². The second-order valence-electron chi connectivity index (χ2n) is 9.69. The lowest BCUT2D eigenvalue weighted by Crippen LogP contribution is -2.54. The van der Waals surface area contributed by atoms with E-state index in [0.29, 0.717) is 34.2 Å². The fourth-order valence-electron chi connectivity index (χ4n) is 5.32. The van der Waals surface area contributed by atoms with Gasteiger partial charge in [-0.15, -0.1) is 0 Å². The highest BCUT2D eigenvalue weighted by molar-refractivity contribution is 8.17. The van der Waals surface area contributed by atoms with Gasteiger partial charge in [-0.3, -0.25) is 9.36 Å². The second kappa shape index (κ2) is 10.3. The van der Waals surface area contributed by atoms with Gasteiger partial charge in [0.2, 0.25) is 5.91 Å². The zero-order valence-corrected chi connectivity index (χ0v) is 22.3. The molecule has 7 nitrogen and oxygen atoms in total. The molecule has 0 spiro atoms. The monoisotopic (exact) mass is 564 g/mol. The topological polar surface area (TPSA) is 67.7 Å². The van der Waals surface area contributed by atoms with E-state index in [9.17, 15) is 27.2 Å². The lowest BCUT2D eigenvalue weighted by atomic mass is 10.1. The maximum absolute atomic E-state index is 14.3. The van der Waals surface area contributed by atoms with Crippen molar-refractivity contribution < 1.29 is 27.1 Å². The van der Waals surface area contributed by atoms with Crippen LogP contribution in [-0.4, -0.2) is 65.0 Å². The fourth-order valence-corrected chi connectivity index (χ4v) is 7.98. The van der Waals surface area contributed by atoms with Crippen LogP contribution in [0.3, 0.4) is 0 Å². The Bertz CT molecular complexity index is 1490. The Labute approximate surface area is 225 Å². The van der Waals surface area contributed by atoms with Crippen molar-refractivity contribution in [3.05, 3.63) is 70.9 Å². The van der Waals surface area contributed by atoms with Crippen LogP contribution in [-0.2, 0) is 22.3 Å². The number of benzene rings is 2. The first kappa shape index (κ1) is 27.2. The van der Waals surface area contributed by atoms with Gasteiger partial charge in [-0.25, -0.2) is 9.18 Å². The lowest BCUT2D eigenvalue weighted by Gasteiger charge is -2.40. The molecule has 208 valence electrons. The highest BCUT2D eigenvalue weighted by atomic mass is 32.2. The van der Waals surface area contributed by atoms with Crippen molar-refractivity contribution in [3.8, 4) is 0 Å². The molecule has 1 fully saturated rings. The zero-order valence-electron chi connectivity index (χ0n) is 21.4. The summed E-state index contributed by atoms with van der Waals surface area (Å²) >= 11 is 0. The van der Waals surface area contributed by atoms with E-state index in [4.69, 9.17) is 4.74 Å². The smallest absolute Gasteiger partial charge is 0.379 e. The molecule has 3 heterocycles. The number of aromatic nitrogens is 2. The molecule has 1 aromatic heterocycles. The van der Waals surface area contributed by atoms with E-state index in [0.717, 1.165) is 12.1 Å². The van der Waals surface area contributed by atoms with E-state index in [1.807, 2.05) is 6.92 Å². The van der Waals surface area contributed by atoms with Gasteiger partial charge in [0.25, 0.3) is 0 Å². The van der Waals surface area contributed by atoms with Gasteiger partial charge in [0.1, 0.15) is 11.6 Å². The number of amides is 1. The molecule has 2 aliphatic rings. The highest BCUT2D eigenvalue weighted by Crippen LogP contribution is 2.52. The van der Waals surface area contributed by atoms with Crippen molar-refractivity contribution in [1.82, 2.24) is 14.5 Å². The number of ether oxygens (including phenoxy) is 1. The van der Waals surface area contributed by atoms with E-state index in [-0.39, 0.29) is 36.2 Å². The summed E-state index contributed by atoms with van der Waals surface area (Å²) in [7, 11) is 0.0431. The Kier molecular flexibility index (Phi) is 7.19. The van der Waals surface area contributed by atoms with Crippen molar-refractivity contribution in [2.45, 2.75) is 41.6 Å². The number of methoxy groups -OCH3 is 1. The first-order chi connectivity index (χ1) is 18.5. The van der Waals surface area contributed by atoms with Gasteiger partial charge in [0, 0.05) is 48.8 Å². The highest BCUT2D eigenvalue weighted by Gasteiger charge is 2.37. The lowest BCUT2D eigenvalue weighted by molar-refractivity contribution is -0.137. The van der Waals surface area contributed by atoms with E-state index in [1.54, 1.807) is 21.9 Å². The molecule has 1 unspecified atom stereocenters. The molecule has 0 saturated carbocycles. The van der Waals surface area contributed by atoms with Gasteiger partial charge in [-0.05, 0) is 54.3 Å². The number of alkyl halides is 3. The predicted octanol–water partition coefficient (Wildman–Crippen LogP) is 4.23. The number of rotatable bonds is 4. The molecule has 3 aromatic rings. The molecule has 1 amide bonds. The van der Waals surface area contributed by atoms with Crippen LogP contribution in [0.25, 0.3) is 10.9 Å². The fraction of sp³-hybridized carbons (Fsp3) is 0.370. The number of carbonyl (C=O) groups excluding carboxylic acids is 1. The summed E-state index contributed by atoms with van der Waals surface area (Å²) in [5.41, 5.74) is -1.06. The third-order valence-corrected chi connectivity index (χ3v) is 9.90. The minimum absolute atomic E-state index is 0.120. The molecule has 2 aliphatic heterocycles. The average molecular weight is 565 g/mol. The summed E-state index contributed by atoms with van der Waals surface area (Å²) in [6, 6.07) is 7.57. The van der Waals surface area contributed by atoms with Crippen LogP contribution in [0.15, 0.2) is 63.6 Å². The molecule has 0 radical (unpaired) electrons. The summed E-state index contributed by atoms with van der Waals surface area (Å²) in [6.07, 6.45) is -3.90. The maximum atomic E-state index is 14.3. The third kappa shape index (κ3) is 5.03. The van der Waals surface area contributed by atoms with Gasteiger partial charge < -0.3 is 14.5 Å². The number of nitrogens with zero attached hydrogens (tertiary/aromatic N) is 4. The molecule has 39 heavy (non-hydrogen) atoms. The SMILES string of the molecule is C=CC(=O)N1CCN(c2nc(=O)n3c4c(cc(C(F)(F)F)cc24)[SH](c2ccc(F)cc2)C[C@@H](OC)C3)[C@@H](C)C1. The molecule has 3 atom stereocenters. The van der Waals surface area contributed by atoms with E-state index in [2.05, 4.69) is 11.6 Å². The second-order valence-corrected chi connectivity index (χ2v) is 11.9. The summed E-state index contributed by atoms with van der Waals surface area (Å²) in [5, 5.41) is 0.209. The minimum Gasteiger partial charge on any atom is -0.379 e. The molecule has 0 aliphatic carbocycles. The van der Waals surface area contributed by atoms with Gasteiger partial charge in [-0.1, -0.05) is 6.58 Å². The number of thiol groups is 1. The molecule has 2 aromatic carbocycles. The molecule has 1 saturated heterocycles.